The Labute approximate surface area is 97.5 Å². The first kappa shape index (κ1) is 11.1. The van der Waals surface area contributed by atoms with Crippen molar-refractivity contribution in [1.82, 2.24) is 0 Å². The first-order chi connectivity index (χ1) is 7.72. The second-order valence-electron chi connectivity index (χ2n) is 3.42. The highest BCUT2D eigenvalue weighted by Crippen LogP contribution is 2.28. The molecule has 0 saturated heterocycles. The molecule has 2 aromatic rings. The van der Waals surface area contributed by atoms with Crippen molar-refractivity contribution in [2.75, 3.05) is 0 Å². The van der Waals surface area contributed by atoms with E-state index in [4.69, 9.17) is 11.6 Å². The monoisotopic (exact) mass is 238 g/mol. The highest BCUT2D eigenvalue weighted by molar-refractivity contribution is 6.17. The molecule has 0 unspecified atom stereocenters. The van der Waals surface area contributed by atoms with Crippen molar-refractivity contribution < 1.29 is 8.78 Å². The topological polar surface area (TPSA) is 0 Å². The average Bonchev–Trinajstić information content (AvgIpc) is 2.28. The van der Waals surface area contributed by atoms with Crippen LogP contribution in [0.3, 0.4) is 0 Å². The van der Waals surface area contributed by atoms with Gasteiger partial charge >= 0.3 is 0 Å². The third-order valence-electron chi connectivity index (χ3n) is 2.36. The molecule has 2 aromatic carbocycles. The molecule has 0 aliphatic carbocycles. The van der Waals surface area contributed by atoms with Gasteiger partial charge < -0.3 is 0 Å². The van der Waals surface area contributed by atoms with Crippen LogP contribution < -0.4 is 0 Å². The zero-order valence-electron chi connectivity index (χ0n) is 8.38. The quantitative estimate of drug-likeness (QED) is 0.682. The summed E-state index contributed by atoms with van der Waals surface area (Å²) in [7, 11) is 0. The molecule has 0 amide bonds. The van der Waals surface area contributed by atoms with Gasteiger partial charge in [0.15, 0.2) is 0 Å². The summed E-state index contributed by atoms with van der Waals surface area (Å²) < 4.78 is 26.7. The van der Waals surface area contributed by atoms with Crippen molar-refractivity contribution in [3.63, 3.8) is 0 Å². The van der Waals surface area contributed by atoms with E-state index in [1.165, 1.54) is 18.2 Å². The minimum atomic E-state index is -0.388. The summed E-state index contributed by atoms with van der Waals surface area (Å²) in [5, 5.41) is 0. The summed E-state index contributed by atoms with van der Waals surface area (Å²) >= 11 is 5.73. The molecule has 16 heavy (non-hydrogen) atoms. The van der Waals surface area contributed by atoms with Crippen molar-refractivity contribution in [3.8, 4) is 11.1 Å². The lowest BCUT2D eigenvalue weighted by molar-refractivity contribution is 0.624. The molecule has 0 bridgehead atoms. The Morgan fingerprint density at radius 2 is 1.75 bits per heavy atom. The summed E-state index contributed by atoms with van der Waals surface area (Å²) in [6.45, 7) is 0. The van der Waals surface area contributed by atoms with Crippen LogP contribution in [0.15, 0.2) is 42.5 Å². The van der Waals surface area contributed by atoms with E-state index in [-0.39, 0.29) is 17.5 Å². The summed E-state index contributed by atoms with van der Waals surface area (Å²) in [5.74, 6) is -0.575. The standard InChI is InChI=1S/C13H9ClF2/c14-8-10-4-2-6-12(16)13(10)9-3-1-5-11(15)7-9/h1-7H,8H2. The van der Waals surface area contributed by atoms with E-state index >= 15 is 0 Å². The highest BCUT2D eigenvalue weighted by Gasteiger charge is 2.10. The lowest BCUT2D eigenvalue weighted by atomic mass is 10.00. The smallest absolute Gasteiger partial charge is 0.131 e. The Bertz CT molecular complexity index is 509. The normalized spacial score (nSPS) is 10.4. The highest BCUT2D eigenvalue weighted by atomic mass is 35.5. The third-order valence-corrected chi connectivity index (χ3v) is 2.65. The van der Waals surface area contributed by atoms with Crippen LogP contribution in [0.25, 0.3) is 11.1 Å². The molecular weight excluding hydrogens is 230 g/mol. The van der Waals surface area contributed by atoms with Crippen LogP contribution in [0, 0.1) is 11.6 Å². The Morgan fingerprint density at radius 3 is 2.44 bits per heavy atom. The third kappa shape index (κ3) is 2.07. The fraction of sp³-hybridized carbons (Fsp3) is 0.0769. The zero-order chi connectivity index (χ0) is 11.5. The molecule has 0 nitrogen and oxygen atoms in total. The van der Waals surface area contributed by atoms with E-state index in [1.807, 2.05) is 0 Å². The minimum Gasteiger partial charge on any atom is -0.207 e. The lowest BCUT2D eigenvalue weighted by Crippen LogP contribution is -1.91. The molecule has 0 atom stereocenters. The Kier molecular flexibility index (Phi) is 3.20. The van der Waals surface area contributed by atoms with Crippen molar-refractivity contribution in [2.45, 2.75) is 5.88 Å². The number of halogens is 3. The fourth-order valence-electron chi connectivity index (χ4n) is 1.65. The van der Waals surface area contributed by atoms with E-state index < -0.39 is 0 Å². The van der Waals surface area contributed by atoms with Crippen LogP contribution in [-0.2, 0) is 5.88 Å². The Morgan fingerprint density at radius 1 is 1.00 bits per heavy atom. The van der Waals surface area contributed by atoms with Gasteiger partial charge in [-0.15, -0.1) is 11.6 Å². The number of alkyl halides is 1. The van der Waals surface area contributed by atoms with Crippen LogP contribution in [0.5, 0.6) is 0 Å². The summed E-state index contributed by atoms with van der Waals surface area (Å²) in [5.41, 5.74) is 1.54. The van der Waals surface area contributed by atoms with Gasteiger partial charge in [-0.05, 0) is 29.3 Å². The second-order valence-corrected chi connectivity index (χ2v) is 3.69. The van der Waals surface area contributed by atoms with E-state index in [1.54, 1.807) is 24.3 Å². The van der Waals surface area contributed by atoms with E-state index in [2.05, 4.69) is 0 Å². The average molecular weight is 239 g/mol. The molecule has 82 valence electrons. The fourth-order valence-corrected chi connectivity index (χ4v) is 1.87. The Hall–Kier alpha value is -1.41. The number of hydrogen-bond acceptors (Lipinski definition) is 0. The molecule has 0 spiro atoms. The Balaban J connectivity index is 2.63. The molecule has 0 radical (unpaired) electrons. The van der Waals surface area contributed by atoms with Gasteiger partial charge in [-0.3, -0.25) is 0 Å². The van der Waals surface area contributed by atoms with Gasteiger partial charge in [-0.25, -0.2) is 8.78 Å². The molecule has 3 heteroatoms. The maximum Gasteiger partial charge on any atom is 0.131 e. The van der Waals surface area contributed by atoms with Crippen molar-refractivity contribution in [3.05, 3.63) is 59.7 Å². The zero-order valence-corrected chi connectivity index (χ0v) is 9.14. The summed E-state index contributed by atoms with van der Waals surface area (Å²) in [6, 6.07) is 10.5. The molecule has 0 fully saturated rings. The van der Waals surface area contributed by atoms with Crippen molar-refractivity contribution in [1.29, 1.82) is 0 Å². The maximum atomic E-state index is 13.7. The molecule has 0 aliphatic heterocycles. The lowest BCUT2D eigenvalue weighted by Gasteiger charge is -2.08. The summed E-state index contributed by atoms with van der Waals surface area (Å²) in [4.78, 5) is 0. The predicted molar refractivity (Wildman–Crippen MR) is 61.4 cm³/mol. The van der Waals surface area contributed by atoms with Crippen LogP contribution in [-0.4, -0.2) is 0 Å². The SMILES string of the molecule is Fc1cccc(-c2c(F)cccc2CCl)c1. The molecule has 2 rings (SSSR count). The van der Waals surface area contributed by atoms with E-state index in [0.717, 1.165) is 0 Å². The largest absolute Gasteiger partial charge is 0.207 e. The van der Waals surface area contributed by atoms with E-state index in [9.17, 15) is 8.78 Å². The van der Waals surface area contributed by atoms with Crippen molar-refractivity contribution in [2.24, 2.45) is 0 Å². The van der Waals surface area contributed by atoms with Gasteiger partial charge in [0.25, 0.3) is 0 Å². The molecule has 0 N–H and O–H groups in total. The van der Waals surface area contributed by atoms with Gasteiger partial charge in [0.05, 0.1) is 0 Å². The first-order valence-corrected chi connectivity index (χ1v) is 5.35. The predicted octanol–water partition coefficient (Wildman–Crippen LogP) is 4.37. The minimum absolute atomic E-state index is 0.198. The second kappa shape index (κ2) is 4.62. The van der Waals surface area contributed by atoms with Crippen LogP contribution >= 0.6 is 11.6 Å². The number of rotatable bonds is 2. The maximum absolute atomic E-state index is 13.7. The molecular formula is C13H9ClF2. The van der Waals surface area contributed by atoms with Crippen LogP contribution in [0.1, 0.15) is 5.56 Å². The number of hydrogen-bond donors (Lipinski definition) is 0. The van der Waals surface area contributed by atoms with Gasteiger partial charge in [-0.2, -0.15) is 0 Å². The van der Waals surface area contributed by atoms with E-state index in [0.29, 0.717) is 16.7 Å². The molecule has 0 aliphatic rings. The van der Waals surface area contributed by atoms with Gasteiger partial charge in [0, 0.05) is 11.4 Å². The van der Waals surface area contributed by atoms with Gasteiger partial charge in [0.1, 0.15) is 11.6 Å². The molecule has 0 aromatic heterocycles. The number of benzene rings is 2. The van der Waals surface area contributed by atoms with Crippen molar-refractivity contribution >= 4 is 11.6 Å². The molecule has 0 heterocycles. The van der Waals surface area contributed by atoms with Crippen LogP contribution in [0.4, 0.5) is 8.78 Å². The van der Waals surface area contributed by atoms with Crippen LogP contribution in [0.2, 0.25) is 0 Å². The first-order valence-electron chi connectivity index (χ1n) is 4.81. The van der Waals surface area contributed by atoms with Gasteiger partial charge in [-0.1, -0.05) is 24.3 Å². The summed E-state index contributed by atoms with van der Waals surface area (Å²) in [6.07, 6.45) is 0. The molecule has 0 saturated carbocycles. The van der Waals surface area contributed by atoms with Gasteiger partial charge in [0.2, 0.25) is 0 Å².